The first-order valence-electron chi connectivity index (χ1n) is 12.8. The van der Waals surface area contributed by atoms with Crippen molar-refractivity contribution in [2.75, 3.05) is 14.1 Å². The first kappa shape index (κ1) is 25.2. The lowest BCUT2D eigenvalue weighted by molar-refractivity contribution is -0.121. The Labute approximate surface area is 221 Å². The van der Waals surface area contributed by atoms with E-state index >= 15 is 0 Å². The summed E-state index contributed by atoms with van der Waals surface area (Å²) in [7, 11) is 3.29. The molecule has 1 atom stereocenters. The van der Waals surface area contributed by atoms with E-state index in [1.807, 2.05) is 48.6 Å². The van der Waals surface area contributed by atoms with Gasteiger partial charge in [-0.05, 0) is 78.6 Å². The van der Waals surface area contributed by atoms with Crippen LogP contribution in [-0.4, -0.2) is 52.8 Å². The van der Waals surface area contributed by atoms with Gasteiger partial charge in [-0.15, -0.1) is 0 Å². The molecular weight excluding hydrogens is 476 g/mol. The molecule has 5 heterocycles. The topological polar surface area (TPSA) is 114 Å². The van der Waals surface area contributed by atoms with Gasteiger partial charge in [-0.2, -0.15) is 0 Å². The Morgan fingerprint density at radius 2 is 1.74 bits per heavy atom. The van der Waals surface area contributed by atoms with Crippen molar-refractivity contribution in [1.82, 2.24) is 20.6 Å². The maximum atomic E-state index is 12.4. The van der Waals surface area contributed by atoms with Crippen LogP contribution >= 0.6 is 0 Å². The van der Waals surface area contributed by atoms with Gasteiger partial charge < -0.3 is 20.6 Å². The average Bonchev–Trinajstić information content (AvgIpc) is 3.69. The Kier molecular flexibility index (Phi) is 6.96. The molecule has 1 unspecified atom stereocenters. The van der Waals surface area contributed by atoms with Crippen LogP contribution in [0.2, 0.25) is 0 Å². The van der Waals surface area contributed by atoms with E-state index < -0.39 is 5.54 Å². The van der Waals surface area contributed by atoms with E-state index in [-0.39, 0.29) is 11.8 Å². The van der Waals surface area contributed by atoms with Crippen molar-refractivity contribution in [3.63, 3.8) is 0 Å². The minimum absolute atomic E-state index is 0.0291. The zero-order valence-electron chi connectivity index (χ0n) is 21.7. The molecule has 0 saturated carbocycles. The molecule has 8 bridgehead atoms. The first-order valence-corrected chi connectivity index (χ1v) is 12.8. The first-order chi connectivity index (χ1) is 18.4. The van der Waals surface area contributed by atoms with E-state index in [1.165, 1.54) is 0 Å². The van der Waals surface area contributed by atoms with Gasteiger partial charge >= 0.3 is 0 Å². The van der Waals surface area contributed by atoms with Crippen molar-refractivity contribution in [2.45, 2.75) is 37.6 Å². The molecule has 0 radical (unpaired) electrons. The summed E-state index contributed by atoms with van der Waals surface area (Å²) in [5.74, 6) is -0.0710. The number of H-pyrrole nitrogens is 2. The van der Waals surface area contributed by atoms with Crippen molar-refractivity contribution in [3.05, 3.63) is 81.9 Å². The summed E-state index contributed by atoms with van der Waals surface area (Å²) >= 11 is 0. The number of carbonyl (C=O) groups is 2. The number of aromatic nitrogens is 2. The summed E-state index contributed by atoms with van der Waals surface area (Å²) in [5.41, 5.74) is 5.76. The molecule has 0 aromatic carbocycles. The number of carbonyl (C=O) groups excluding carboxylic acids is 2. The molecule has 194 valence electrons. The normalized spacial score (nSPS) is 22.6. The predicted octanol–water partition coefficient (Wildman–Crippen LogP) is 2.33. The summed E-state index contributed by atoms with van der Waals surface area (Å²) in [6, 6.07) is 6.11. The number of allylic oxidation sites excluding steroid dienone is 3. The smallest absolute Gasteiger partial charge is 0.220 e. The molecule has 38 heavy (non-hydrogen) atoms. The molecule has 0 spiro atoms. The van der Waals surface area contributed by atoms with E-state index in [1.54, 1.807) is 14.1 Å². The van der Waals surface area contributed by atoms with Crippen LogP contribution in [0.15, 0.2) is 64.3 Å². The molecule has 4 N–H and O–H groups in total. The second-order valence-corrected chi connectivity index (χ2v) is 9.73. The van der Waals surface area contributed by atoms with Crippen LogP contribution in [0.5, 0.6) is 0 Å². The van der Waals surface area contributed by atoms with Gasteiger partial charge in [0.15, 0.2) is 0 Å². The molecule has 0 saturated heterocycles. The molecule has 2 aromatic heterocycles. The summed E-state index contributed by atoms with van der Waals surface area (Å²) < 4.78 is 0. The Hall–Kier alpha value is -4.46. The number of rotatable bonds is 7. The fraction of sp³-hybridized carbons (Fsp3) is 0.267. The molecule has 2 amide bonds. The molecule has 5 rings (SSSR count). The zero-order chi connectivity index (χ0) is 26.7. The van der Waals surface area contributed by atoms with E-state index in [0.29, 0.717) is 32.1 Å². The number of hydrogen-bond donors (Lipinski definition) is 4. The molecule has 0 aliphatic carbocycles. The Morgan fingerprint density at radius 1 is 1.00 bits per heavy atom. The fourth-order valence-corrected chi connectivity index (χ4v) is 5.18. The lowest BCUT2D eigenvalue weighted by Gasteiger charge is -2.30. The third-order valence-corrected chi connectivity index (χ3v) is 7.16. The lowest BCUT2D eigenvalue weighted by Crippen LogP contribution is -2.33. The zero-order valence-corrected chi connectivity index (χ0v) is 21.7. The van der Waals surface area contributed by atoms with Gasteiger partial charge in [-0.25, -0.2) is 4.99 Å². The average molecular weight is 509 g/mol. The van der Waals surface area contributed by atoms with Gasteiger partial charge in [0.25, 0.3) is 0 Å². The van der Waals surface area contributed by atoms with Crippen LogP contribution in [0, 0.1) is 0 Å². The number of nitrogens with one attached hydrogen (secondary N) is 4. The van der Waals surface area contributed by atoms with Crippen molar-refractivity contribution in [2.24, 2.45) is 9.98 Å². The minimum Gasteiger partial charge on any atom is -0.359 e. The standard InChI is InChI=1S/C30H32N6O2/c1-4-19-13-26-18-30(12-11-29(38)32-3)20(5-10-28(37)31-2)14-25(36-30)16-23-7-6-21(33-23)15-22-8-9-24(34-22)17-27(19)35-26/h4,6-9,13-17,33,35H,1,5,10-12,18H2,2-3H3,(H,31,37)(H,32,38)/b21-15-,23-16-,24-17-. The Bertz CT molecular complexity index is 1580. The highest BCUT2D eigenvalue weighted by atomic mass is 16.2. The number of aliphatic imine (C=N–C) groups is 2. The highest BCUT2D eigenvalue weighted by Crippen LogP contribution is 2.39. The number of nitrogens with zero attached hydrogens (tertiary/aromatic N) is 2. The summed E-state index contributed by atoms with van der Waals surface area (Å²) in [6.07, 6.45) is 16.2. The minimum atomic E-state index is -0.669. The van der Waals surface area contributed by atoms with Gasteiger partial charge in [0.1, 0.15) is 0 Å². The van der Waals surface area contributed by atoms with Gasteiger partial charge in [0.2, 0.25) is 11.8 Å². The van der Waals surface area contributed by atoms with Crippen LogP contribution in [-0.2, 0) is 16.0 Å². The highest BCUT2D eigenvalue weighted by molar-refractivity contribution is 6.20. The molecule has 0 fully saturated rings. The summed E-state index contributed by atoms with van der Waals surface area (Å²) in [5, 5.41) is 7.30. The second-order valence-electron chi connectivity index (χ2n) is 9.73. The fourth-order valence-electron chi connectivity index (χ4n) is 5.18. The van der Waals surface area contributed by atoms with E-state index in [4.69, 9.17) is 9.98 Å². The van der Waals surface area contributed by atoms with Crippen LogP contribution in [0.4, 0.5) is 0 Å². The van der Waals surface area contributed by atoms with Crippen LogP contribution < -0.4 is 21.3 Å². The van der Waals surface area contributed by atoms with Gasteiger partial charge in [-0.1, -0.05) is 12.7 Å². The van der Waals surface area contributed by atoms with Gasteiger partial charge in [-0.3, -0.25) is 14.6 Å². The largest absolute Gasteiger partial charge is 0.359 e. The third kappa shape index (κ3) is 5.29. The van der Waals surface area contributed by atoms with Crippen molar-refractivity contribution < 1.29 is 9.59 Å². The molecule has 8 nitrogen and oxygen atoms in total. The van der Waals surface area contributed by atoms with Crippen molar-refractivity contribution >= 4 is 47.5 Å². The molecule has 3 aliphatic heterocycles. The van der Waals surface area contributed by atoms with Crippen LogP contribution in [0.3, 0.4) is 0 Å². The number of fused-ring (bicyclic) bond motifs is 6. The summed E-state index contributed by atoms with van der Waals surface area (Å²) in [6.45, 7) is 4.00. The highest BCUT2D eigenvalue weighted by Gasteiger charge is 2.38. The van der Waals surface area contributed by atoms with Gasteiger partial charge in [0, 0.05) is 55.4 Å². The maximum absolute atomic E-state index is 12.4. The van der Waals surface area contributed by atoms with Crippen LogP contribution in [0.1, 0.15) is 42.6 Å². The summed E-state index contributed by atoms with van der Waals surface area (Å²) in [4.78, 5) is 41.5. The SMILES string of the molecule is C=Cc1cc2[nH]c1/C=C1/C=CC(=N1)/C=c1/cc/c([nH]1)=C/C1=NC(CCC(=O)NC)(C2)C(CCC(=O)NC)=C1. The number of amides is 2. The molecule has 3 aliphatic rings. The Balaban J connectivity index is 1.67. The second kappa shape index (κ2) is 10.5. The van der Waals surface area contributed by atoms with Gasteiger partial charge in [0.05, 0.1) is 22.7 Å². The Morgan fingerprint density at radius 3 is 2.47 bits per heavy atom. The monoisotopic (exact) mass is 508 g/mol. The lowest BCUT2D eigenvalue weighted by atomic mass is 9.80. The predicted molar refractivity (Wildman–Crippen MR) is 153 cm³/mol. The quantitative estimate of drug-likeness (QED) is 0.460. The number of hydrogen-bond acceptors (Lipinski definition) is 4. The van der Waals surface area contributed by atoms with Crippen LogP contribution in [0.25, 0.3) is 24.3 Å². The van der Waals surface area contributed by atoms with E-state index in [9.17, 15) is 9.59 Å². The van der Waals surface area contributed by atoms with Crippen molar-refractivity contribution in [1.29, 1.82) is 0 Å². The third-order valence-electron chi connectivity index (χ3n) is 7.16. The molecule has 2 aromatic rings. The molecule has 8 heteroatoms. The van der Waals surface area contributed by atoms with Crippen molar-refractivity contribution in [3.8, 4) is 0 Å². The maximum Gasteiger partial charge on any atom is 0.220 e. The van der Waals surface area contributed by atoms with E-state index in [0.717, 1.165) is 50.3 Å². The molecular formula is C30H32N6O2. The van der Waals surface area contributed by atoms with E-state index in [2.05, 4.69) is 39.3 Å². The number of aromatic amines is 2.